The number of halogens is 3. The van der Waals surface area contributed by atoms with Crippen LogP contribution in [-0.2, 0) is 4.79 Å². The Labute approximate surface area is 178 Å². The average molecular weight is 452 g/mol. The van der Waals surface area contributed by atoms with E-state index in [9.17, 15) is 18.0 Å². The van der Waals surface area contributed by atoms with Crippen LogP contribution in [0.25, 0.3) is 0 Å². The number of thioether (sulfide) groups is 2. The highest BCUT2D eigenvalue weighted by molar-refractivity contribution is 8.19. The minimum atomic E-state index is -4.76. The molecule has 1 aromatic heterocycles. The largest absolute Gasteiger partial charge is 0.573 e. The van der Waals surface area contributed by atoms with Gasteiger partial charge in [-0.3, -0.25) is 9.69 Å². The first kappa shape index (κ1) is 20.6. The Morgan fingerprint density at radius 1 is 1.20 bits per heavy atom. The number of aliphatic imine (C=N–C) groups is 1. The molecule has 6 nitrogen and oxygen atoms in total. The molecular formula is C19H15F3N4O2S2. The van der Waals surface area contributed by atoms with Crippen molar-refractivity contribution in [3.8, 4) is 5.75 Å². The molecule has 1 saturated heterocycles. The van der Waals surface area contributed by atoms with Crippen molar-refractivity contribution in [1.82, 2.24) is 9.88 Å². The first-order valence-electron chi connectivity index (χ1n) is 8.82. The first-order chi connectivity index (χ1) is 14.3. The van der Waals surface area contributed by atoms with Crippen molar-refractivity contribution < 1.29 is 22.7 Å². The van der Waals surface area contributed by atoms with E-state index < -0.39 is 6.36 Å². The number of benzene rings is 1. The molecular weight excluding hydrogens is 437 g/mol. The van der Waals surface area contributed by atoms with Gasteiger partial charge in [-0.25, -0.2) is 9.98 Å². The highest BCUT2D eigenvalue weighted by Crippen LogP contribution is 2.51. The zero-order valence-electron chi connectivity index (χ0n) is 15.8. The molecule has 30 heavy (non-hydrogen) atoms. The molecule has 2 aliphatic rings. The number of alkyl halides is 3. The van der Waals surface area contributed by atoms with Crippen LogP contribution in [0.3, 0.4) is 0 Å². The highest BCUT2D eigenvalue weighted by atomic mass is 32.2. The molecule has 3 heterocycles. The Kier molecular flexibility index (Phi) is 5.41. The Hall–Kier alpha value is -2.66. The van der Waals surface area contributed by atoms with Crippen LogP contribution in [0.15, 0.2) is 62.4 Å². The number of fused-ring (bicyclic) bond motifs is 1. The monoisotopic (exact) mass is 452 g/mol. The number of nitrogens with zero attached hydrogens (tertiary/aromatic N) is 4. The molecule has 0 saturated carbocycles. The van der Waals surface area contributed by atoms with E-state index in [1.165, 1.54) is 35.7 Å². The smallest absolute Gasteiger partial charge is 0.406 e. The van der Waals surface area contributed by atoms with Gasteiger partial charge in [0.05, 0.1) is 10.7 Å². The second kappa shape index (κ2) is 7.88. The molecule has 1 aromatic carbocycles. The zero-order valence-corrected chi connectivity index (χ0v) is 17.4. The Morgan fingerprint density at radius 3 is 2.67 bits per heavy atom. The van der Waals surface area contributed by atoms with E-state index >= 15 is 0 Å². The fourth-order valence-electron chi connectivity index (χ4n) is 2.95. The van der Waals surface area contributed by atoms with Gasteiger partial charge >= 0.3 is 6.36 Å². The summed E-state index contributed by atoms with van der Waals surface area (Å²) in [5.41, 5.74) is 0.698. The molecule has 1 fully saturated rings. The van der Waals surface area contributed by atoms with Crippen molar-refractivity contribution in [3.63, 3.8) is 0 Å². The summed E-state index contributed by atoms with van der Waals surface area (Å²) in [6, 6.07) is 9.45. The van der Waals surface area contributed by atoms with Gasteiger partial charge in [0.15, 0.2) is 11.0 Å². The summed E-state index contributed by atoms with van der Waals surface area (Å²) in [7, 11) is 1.77. The third kappa shape index (κ3) is 3.99. The first-order valence-corrected chi connectivity index (χ1v) is 10.4. The van der Waals surface area contributed by atoms with E-state index in [0.29, 0.717) is 38.0 Å². The molecule has 0 atom stereocenters. The van der Waals surface area contributed by atoms with Gasteiger partial charge in [0.2, 0.25) is 0 Å². The lowest BCUT2D eigenvalue weighted by molar-refractivity contribution is -0.274. The maximum Gasteiger partial charge on any atom is 0.573 e. The van der Waals surface area contributed by atoms with Crippen molar-refractivity contribution in [1.29, 1.82) is 0 Å². The number of carbonyl (C=O) groups is 1. The Morgan fingerprint density at radius 2 is 2.00 bits per heavy atom. The maximum absolute atomic E-state index is 13.0. The van der Waals surface area contributed by atoms with Crippen LogP contribution in [-0.4, -0.2) is 40.9 Å². The summed E-state index contributed by atoms with van der Waals surface area (Å²) >= 11 is 2.45. The third-order valence-corrected chi connectivity index (χ3v) is 6.68. The van der Waals surface area contributed by atoms with Gasteiger partial charge in [-0.1, -0.05) is 17.8 Å². The predicted molar refractivity (Wildman–Crippen MR) is 111 cm³/mol. The highest BCUT2D eigenvalue weighted by Gasteiger charge is 2.39. The second-order valence-corrected chi connectivity index (χ2v) is 8.21. The van der Waals surface area contributed by atoms with Gasteiger partial charge in [-0.2, -0.15) is 0 Å². The number of pyridine rings is 1. The molecule has 4 rings (SSSR count). The fraction of sp³-hybridized carbons (Fsp3) is 0.211. The average Bonchev–Trinajstić information content (AvgIpc) is 3.17. The molecule has 0 radical (unpaired) electrons. The summed E-state index contributed by atoms with van der Waals surface area (Å²) in [5, 5.41) is 1.14. The molecule has 0 aliphatic carbocycles. The van der Waals surface area contributed by atoms with Crippen LogP contribution in [0.5, 0.6) is 5.75 Å². The molecule has 0 unspecified atom stereocenters. The van der Waals surface area contributed by atoms with Crippen molar-refractivity contribution in [2.24, 2.45) is 4.99 Å². The van der Waals surface area contributed by atoms with E-state index in [1.54, 1.807) is 47.3 Å². The van der Waals surface area contributed by atoms with E-state index in [1.807, 2.05) is 6.92 Å². The molecule has 11 heteroatoms. The van der Waals surface area contributed by atoms with Crippen LogP contribution < -0.4 is 9.64 Å². The van der Waals surface area contributed by atoms with Gasteiger partial charge in [0, 0.05) is 24.7 Å². The minimum Gasteiger partial charge on any atom is -0.406 e. The minimum absolute atomic E-state index is 0.203. The molecule has 1 amide bonds. The van der Waals surface area contributed by atoms with Crippen LogP contribution in [0.4, 0.5) is 24.7 Å². The normalized spacial score (nSPS) is 20.3. The van der Waals surface area contributed by atoms with Gasteiger partial charge in [-0.15, -0.1) is 13.2 Å². The topological polar surface area (TPSA) is 58.0 Å². The van der Waals surface area contributed by atoms with Crippen molar-refractivity contribution >= 4 is 46.1 Å². The Balaban J connectivity index is 1.67. The number of rotatable bonds is 3. The molecule has 2 aliphatic heterocycles. The summed E-state index contributed by atoms with van der Waals surface area (Å²) in [6.07, 6.45) is -3.14. The summed E-state index contributed by atoms with van der Waals surface area (Å²) in [4.78, 5) is 26.0. The Bertz CT molecular complexity index is 1060. The van der Waals surface area contributed by atoms with Crippen LogP contribution in [0.2, 0.25) is 0 Å². The zero-order chi connectivity index (χ0) is 21.5. The lowest BCUT2D eigenvalue weighted by Crippen LogP contribution is -2.29. The van der Waals surface area contributed by atoms with Gasteiger partial charge < -0.3 is 9.64 Å². The number of hydrogen-bond donors (Lipinski definition) is 0. The van der Waals surface area contributed by atoms with Crippen LogP contribution in [0.1, 0.15) is 6.92 Å². The third-order valence-electron chi connectivity index (χ3n) is 4.27. The van der Waals surface area contributed by atoms with Gasteiger partial charge in [0.25, 0.3) is 5.91 Å². The number of aromatic nitrogens is 1. The van der Waals surface area contributed by atoms with E-state index in [2.05, 4.69) is 14.7 Å². The van der Waals surface area contributed by atoms with Crippen molar-refractivity contribution in [2.45, 2.75) is 18.2 Å². The SMILES string of the molecule is CCN1C(=O)/C(=C2\Sc3cc(OC(F)(F)F)ccc3N2C)SC1=Nc1ccccn1. The lowest BCUT2D eigenvalue weighted by Gasteiger charge is -2.15. The standard InChI is InChI=1S/C19H15F3N4O2S2/c1-3-26-16(27)15(30-18(26)24-14-6-4-5-9-23-14)17-25(2)12-8-7-11(10-13(12)29-17)28-19(20,21)22/h4-10H,3H2,1-2H3/b17-15+,24-18?. The number of likely N-dealkylation sites (N-methyl/N-ethyl adjacent to an activating group) is 1. The number of amides is 1. The predicted octanol–water partition coefficient (Wildman–Crippen LogP) is 4.97. The second-order valence-electron chi connectivity index (χ2n) is 6.21. The number of amidine groups is 1. The van der Waals surface area contributed by atoms with Gasteiger partial charge in [-0.05, 0) is 49.0 Å². The molecule has 0 N–H and O–H groups in total. The van der Waals surface area contributed by atoms with E-state index in [-0.39, 0.29) is 11.7 Å². The molecule has 0 bridgehead atoms. The fourth-order valence-corrected chi connectivity index (χ4v) is 5.37. The van der Waals surface area contributed by atoms with Crippen molar-refractivity contribution in [3.05, 3.63) is 52.5 Å². The number of hydrogen-bond acceptors (Lipinski definition) is 7. The van der Waals surface area contributed by atoms with Crippen LogP contribution in [0, 0.1) is 0 Å². The number of carbonyl (C=O) groups excluding carboxylic acids is 1. The van der Waals surface area contributed by atoms with E-state index in [0.717, 1.165) is 0 Å². The quantitative estimate of drug-likeness (QED) is 0.613. The summed E-state index contributed by atoms with van der Waals surface area (Å²) < 4.78 is 41.6. The molecule has 0 spiro atoms. The van der Waals surface area contributed by atoms with Gasteiger partial charge in [0.1, 0.15) is 10.7 Å². The number of ether oxygens (including phenoxy) is 1. The van der Waals surface area contributed by atoms with E-state index in [4.69, 9.17) is 0 Å². The summed E-state index contributed by atoms with van der Waals surface area (Å²) in [6.45, 7) is 2.28. The molecule has 156 valence electrons. The van der Waals surface area contributed by atoms with Crippen molar-refractivity contribution in [2.75, 3.05) is 18.5 Å². The van der Waals surface area contributed by atoms with Crippen LogP contribution >= 0.6 is 23.5 Å². The molecule has 2 aromatic rings. The maximum atomic E-state index is 13.0. The lowest BCUT2D eigenvalue weighted by atomic mass is 10.3. The summed E-state index contributed by atoms with van der Waals surface area (Å²) in [5.74, 6) is -0.0142. The number of anilines is 1.